The average molecular weight is 497 g/mol. The summed E-state index contributed by atoms with van der Waals surface area (Å²) >= 11 is 0. The standard InChI is InChI=1S/C26H26F2N4O4/c1-26(2,3)36-22(33)14-29-23(34)20-13-30-25(32-11-10-17-12-19(28)8-9-21(17)32)31-24(20)35-15-16-4-6-18(27)7-5-16/h4-9,12-13H,10-11,14-15H2,1-3H3,(H,29,34). The minimum atomic E-state index is -0.690. The Morgan fingerprint density at radius 2 is 1.81 bits per heavy atom. The van der Waals surface area contributed by atoms with Crippen LogP contribution in [0.1, 0.15) is 42.3 Å². The molecule has 0 atom stereocenters. The predicted octanol–water partition coefficient (Wildman–Crippen LogP) is 4.10. The summed E-state index contributed by atoms with van der Waals surface area (Å²) in [5.41, 5.74) is 1.58. The van der Waals surface area contributed by atoms with Crippen LogP contribution in [0.3, 0.4) is 0 Å². The van der Waals surface area contributed by atoms with Crippen LogP contribution in [0.25, 0.3) is 0 Å². The summed E-state index contributed by atoms with van der Waals surface area (Å²) in [4.78, 5) is 35.5. The maximum absolute atomic E-state index is 13.6. The molecule has 0 spiro atoms. The maximum atomic E-state index is 13.6. The van der Waals surface area contributed by atoms with Crippen molar-refractivity contribution in [2.45, 2.75) is 39.4 Å². The highest BCUT2D eigenvalue weighted by atomic mass is 19.1. The van der Waals surface area contributed by atoms with Crippen molar-refractivity contribution in [2.75, 3.05) is 18.0 Å². The van der Waals surface area contributed by atoms with Crippen molar-refractivity contribution in [3.05, 3.63) is 77.0 Å². The Bertz CT molecular complexity index is 1280. The molecule has 2 aromatic carbocycles. The molecule has 2 heterocycles. The van der Waals surface area contributed by atoms with Crippen LogP contribution in [0.15, 0.2) is 48.7 Å². The molecule has 0 bridgehead atoms. The molecule has 8 nitrogen and oxygen atoms in total. The van der Waals surface area contributed by atoms with Crippen LogP contribution >= 0.6 is 0 Å². The molecule has 0 saturated heterocycles. The fourth-order valence-electron chi connectivity index (χ4n) is 3.69. The van der Waals surface area contributed by atoms with Crippen molar-refractivity contribution in [3.8, 4) is 5.88 Å². The number of fused-ring (bicyclic) bond motifs is 1. The van der Waals surface area contributed by atoms with Gasteiger partial charge in [0.05, 0.1) is 0 Å². The minimum absolute atomic E-state index is 0.0124. The van der Waals surface area contributed by atoms with Gasteiger partial charge in [-0.1, -0.05) is 12.1 Å². The molecular formula is C26H26F2N4O4. The van der Waals surface area contributed by atoms with Crippen molar-refractivity contribution < 1.29 is 27.8 Å². The second-order valence-corrected chi connectivity index (χ2v) is 9.25. The van der Waals surface area contributed by atoms with Gasteiger partial charge in [-0.05, 0) is 68.7 Å². The molecule has 0 saturated carbocycles. The molecule has 10 heteroatoms. The summed E-state index contributed by atoms with van der Waals surface area (Å²) in [6.45, 7) is 5.38. The smallest absolute Gasteiger partial charge is 0.325 e. The third-order valence-electron chi connectivity index (χ3n) is 5.27. The van der Waals surface area contributed by atoms with E-state index in [1.54, 1.807) is 39.0 Å². The van der Waals surface area contributed by atoms with Gasteiger partial charge in [0, 0.05) is 18.4 Å². The van der Waals surface area contributed by atoms with Gasteiger partial charge in [-0.2, -0.15) is 4.98 Å². The molecule has 0 radical (unpaired) electrons. The third-order valence-corrected chi connectivity index (χ3v) is 5.27. The number of anilines is 2. The van der Waals surface area contributed by atoms with E-state index in [-0.39, 0.29) is 42.2 Å². The van der Waals surface area contributed by atoms with Crippen molar-refractivity contribution in [3.63, 3.8) is 0 Å². The molecule has 1 aromatic heterocycles. The number of hydrogen-bond acceptors (Lipinski definition) is 7. The van der Waals surface area contributed by atoms with E-state index in [2.05, 4.69) is 15.3 Å². The Labute approximate surface area is 207 Å². The van der Waals surface area contributed by atoms with Gasteiger partial charge < -0.3 is 19.7 Å². The zero-order valence-electron chi connectivity index (χ0n) is 20.2. The number of carbonyl (C=O) groups excluding carboxylic acids is 2. The van der Waals surface area contributed by atoms with Gasteiger partial charge >= 0.3 is 5.97 Å². The lowest BCUT2D eigenvalue weighted by Crippen LogP contribution is -2.35. The van der Waals surface area contributed by atoms with Crippen LogP contribution in [-0.2, 0) is 22.6 Å². The Morgan fingerprint density at radius 3 is 2.53 bits per heavy atom. The first-order valence-electron chi connectivity index (χ1n) is 11.4. The molecule has 0 aliphatic carbocycles. The first kappa shape index (κ1) is 25.0. The van der Waals surface area contributed by atoms with Crippen molar-refractivity contribution in [2.24, 2.45) is 0 Å². The van der Waals surface area contributed by atoms with Crippen molar-refractivity contribution >= 4 is 23.5 Å². The van der Waals surface area contributed by atoms with E-state index < -0.39 is 17.5 Å². The summed E-state index contributed by atoms with van der Waals surface area (Å²) < 4.78 is 38.0. The van der Waals surface area contributed by atoms with Gasteiger partial charge in [0.2, 0.25) is 11.8 Å². The number of halogens is 2. The number of rotatable bonds is 7. The molecular weight excluding hydrogens is 470 g/mol. The molecule has 0 fully saturated rings. The summed E-state index contributed by atoms with van der Waals surface area (Å²) in [5, 5.41) is 2.50. The Morgan fingerprint density at radius 1 is 1.08 bits per heavy atom. The van der Waals surface area contributed by atoms with Crippen LogP contribution in [-0.4, -0.2) is 40.5 Å². The zero-order chi connectivity index (χ0) is 25.9. The van der Waals surface area contributed by atoms with E-state index in [1.807, 2.05) is 4.90 Å². The second kappa shape index (κ2) is 10.3. The van der Waals surface area contributed by atoms with Crippen LogP contribution in [0.4, 0.5) is 20.4 Å². The van der Waals surface area contributed by atoms with Crippen LogP contribution < -0.4 is 15.0 Å². The number of benzene rings is 2. The molecule has 4 rings (SSSR count). The molecule has 1 aliphatic heterocycles. The Balaban J connectivity index is 1.57. The number of nitrogens with one attached hydrogen (secondary N) is 1. The highest BCUT2D eigenvalue weighted by molar-refractivity contribution is 5.97. The van der Waals surface area contributed by atoms with Crippen molar-refractivity contribution in [1.29, 1.82) is 0 Å². The molecule has 3 aromatic rings. The summed E-state index contributed by atoms with van der Waals surface area (Å²) in [5.74, 6) is -1.65. The highest BCUT2D eigenvalue weighted by Gasteiger charge is 2.26. The number of hydrogen-bond donors (Lipinski definition) is 1. The summed E-state index contributed by atoms with van der Waals surface area (Å²) in [6, 6.07) is 10.2. The van der Waals surface area contributed by atoms with Crippen LogP contribution in [0.5, 0.6) is 5.88 Å². The van der Waals surface area contributed by atoms with E-state index in [4.69, 9.17) is 9.47 Å². The van der Waals surface area contributed by atoms with Crippen LogP contribution in [0, 0.1) is 11.6 Å². The van der Waals surface area contributed by atoms with Crippen molar-refractivity contribution in [1.82, 2.24) is 15.3 Å². The fourth-order valence-corrected chi connectivity index (χ4v) is 3.69. The quantitative estimate of drug-likeness (QED) is 0.492. The Hall–Kier alpha value is -4.08. The molecule has 1 N–H and O–H groups in total. The lowest BCUT2D eigenvalue weighted by atomic mass is 10.2. The van der Waals surface area contributed by atoms with E-state index in [1.165, 1.54) is 30.5 Å². The largest absolute Gasteiger partial charge is 0.472 e. The van der Waals surface area contributed by atoms with Gasteiger partial charge in [-0.3, -0.25) is 9.59 Å². The maximum Gasteiger partial charge on any atom is 0.325 e. The fraction of sp³-hybridized carbons (Fsp3) is 0.308. The van der Waals surface area contributed by atoms with E-state index >= 15 is 0 Å². The lowest BCUT2D eigenvalue weighted by Gasteiger charge is -2.20. The van der Waals surface area contributed by atoms with E-state index in [0.717, 1.165) is 11.3 Å². The summed E-state index contributed by atoms with van der Waals surface area (Å²) in [6.07, 6.45) is 1.93. The number of aromatic nitrogens is 2. The molecule has 0 unspecified atom stereocenters. The van der Waals surface area contributed by atoms with Gasteiger partial charge in [-0.15, -0.1) is 0 Å². The number of esters is 1. The SMILES string of the molecule is CC(C)(C)OC(=O)CNC(=O)c1cnc(N2CCc3cc(F)ccc32)nc1OCc1ccc(F)cc1. The van der Waals surface area contributed by atoms with Gasteiger partial charge in [-0.25, -0.2) is 13.8 Å². The third kappa shape index (κ3) is 6.12. The van der Waals surface area contributed by atoms with Gasteiger partial charge in [0.25, 0.3) is 5.91 Å². The number of ether oxygens (including phenoxy) is 2. The topological polar surface area (TPSA) is 93.6 Å². The first-order chi connectivity index (χ1) is 17.1. The monoisotopic (exact) mass is 496 g/mol. The normalized spacial score (nSPS) is 12.8. The molecule has 1 amide bonds. The number of amides is 1. The zero-order valence-corrected chi connectivity index (χ0v) is 20.2. The average Bonchev–Trinajstić information content (AvgIpc) is 3.24. The molecule has 1 aliphatic rings. The van der Waals surface area contributed by atoms with Gasteiger partial charge in [0.15, 0.2) is 0 Å². The number of nitrogens with zero attached hydrogens (tertiary/aromatic N) is 3. The lowest BCUT2D eigenvalue weighted by molar-refractivity contribution is -0.153. The van der Waals surface area contributed by atoms with E-state index in [9.17, 15) is 18.4 Å². The Kier molecular flexibility index (Phi) is 7.14. The first-order valence-corrected chi connectivity index (χ1v) is 11.4. The van der Waals surface area contributed by atoms with E-state index in [0.29, 0.717) is 18.5 Å². The molecule has 188 valence electrons. The second-order valence-electron chi connectivity index (χ2n) is 9.25. The predicted molar refractivity (Wildman–Crippen MR) is 128 cm³/mol. The van der Waals surface area contributed by atoms with Gasteiger partial charge in [0.1, 0.15) is 36.0 Å². The highest BCUT2D eigenvalue weighted by Crippen LogP contribution is 2.34. The van der Waals surface area contributed by atoms with Crippen LogP contribution in [0.2, 0.25) is 0 Å². The molecule has 36 heavy (non-hydrogen) atoms. The number of carbonyl (C=O) groups is 2. The minimum Gasteiger partial charge on any atom is -0.472 e. The summed E-state index contributed by atoms with van der Waals surface area (Å²) in [7, 11) is 0.